The van der Waals surface area contributed by atoms with Gasteiger partial charge < -0.3 is 10.1 Å². The molecule has 130 valence electrons. The maximum atomic E-state index is 12.0. The van der Waals surface area contributed by atoms with Crippen molar-refractivity contribution in [2.24, 2.45) is 0 Å². The van der Waals surface area contributed by atoms with Crippen LogP contribution in [0.3, 0.4) is 0 Å². The number of carbonyl (C=O) groups excluding carboxylic acids is 2. The van der Waals surface area contributed by atoms with Gasteiger partial charge in [-0.05, 0) is 51.9 Å². The third-order valence-electron chi connectivity index (χ3n) is 4.29. The number of halogens is 1. The molecule has 25 heavy (non-hydrogen) atoms. The first-order chi connectivity index (χ1) is 12.1. The minimum Gasteiger partial charge on any atom is -0.464 e. The van der Waals surface area contributed by atoms with Crippen molar-refractivity contribution in [2.45, 2.75) is 25.2 Å². The number of amides is 1. The van der Waals surface area contributed by atoms with Gasteiger partial charge in [0.1, 0.15) is 6.61 Å². The van der Waals surface area contributed by atoms with Crippen molar-refractivity contribution >= 4 is 27.8 Å². The number of carbonyl (C=O) groups is 2. The van der Waals surface area contributed by atoms with Gasteiger partial charge in [-0.3, -0.25) is 14.6 Å². The second-order valence-corrected chi connectivity index (χ2v) is 6.92. The first kappa shape index (κ1) is 17.6. The molecular weight excluding hydrogens is 384 g/mol. The smallest absolute Gasteiger partial charge is 0.306 e. The number of aryl methyl sites for hydroxylation is 1. The third kappa shape index (κ3) is 4.66. The van der Waals surface area contributed by atoms with Crippen LogP contribution in [-0.2, 0) is 16.0 Å². The maximum Gasteiger partial charge on any atom is 0.306 e. The lowest BCUT2D eigenvalue weighted by molar-refractivity contribution is -0.143. The molecule has 1 unspecified atom stereocenters. The maximum absolute atomic E-state index is 12.0. The van der Waals surface area contributed by atoms with Crippen LogP contribution in [0.2, 0.25) is 0 Å². The van der Waals surface area contributed by atoms with Crippen molar-refractivity contribution in [3.8, 4) is 0 Å². The van der Waals surface area contributed by atoms with Crippen LogP contribution in [0.15, 0.2) is 47.2 Å². The van der Waals surface area contributed by atoms with Crippen LogP contribution in [0.4, 0.5) is 0 Å². The molecule has 0 spiro atoms. The molecule has 1 aliphatic carbocycles. The summed E-state index contributed by atoms with van der Waals surface area (Å²) in [4.78, 5) is 27.9. The molecule has 1 atom stereocenters. The Morgan fingerprint density at radius 3 is 2.96 bits per heavy atom. The van der Waals surface area contributed by atoms with E-state index >= 15 is 0 Å². The van der Waals surface area contributed by atoms with Gasteiger partial charge in [-0.25, -0.2) is 0 Å². The van der Waals surface area contributed by atoms with Crippen molar-refractivity contribution in [3.05, 3.63) is 63.9 Å². The van der Waals surface area contributed by atoms with Crippen molar-refractivity contribution in [3.63, 3.8) is 0 Å². The number of nitrogens with zero attached hydrogens (tertiary/aromatic N) is 1. The van der Waals surface area contributed by atoms with E-state index in [4.69, 9.17) is 4.74 Å². The van der Waals surface area contributed by atoms with E-state index in [-0.39, 0.29) is 30.9 Å². The number of nitrogens with one attached hydrogen (secondary N) is 1. The summed E-state index contributed by atoms with van der Waals surface area (Å²) < 4.78 is 5.99. The highest BCUT2D eigenvalue weighted by Gasteiger charge is 2.24. The SMILES string of the molecule is O=C(CC1CCc2ccccc21)OCCNC(=O)c1cncc(Br)c1. The van der Waals surface area contributed by atoms with E-state index in [1.165, 1.54) is 17.3 Å². The van der Waals surface area contributed by atoms with Crippen LogP contribution >= 0.6 is 15.9 Å². The topological polar surface area (TPSA) is 68.3 Å². The summed E-state index contributed by atoms with van der Waals surface area (Å²) in [6, 6.07) is 9.93. The van der Waals surface area contributed by atoms with Gasteiger partial charge in [-0.1, -0.05) is 24.3 Å². The molecule has 1 aromatic carbocycles. The highest BCUT2D eigenvalue weighted by Crippen LogP contribution is 2.35. The molecule has 1 aliphatic rings. The van der Waals surface area contributed by atoms with E-state index in [0.717, 1.165) is 17.3 Å². The summed E-state index contributed by atoms with van der Waals surface area (Å²) in [6.45, 7) is 0.443. The average molecular weight is 403 g/mol. The molecule has 1 N–H and O–H groups in total. The van der Waals surface area contributed by atoms with Gasteiger partial charge >= 0.3 is 5.97 Å². The molecule has 0 saturated carbocycles. The van der Waals surface area contributed by atoms with Crippen LogP contribution in [-0.4, -0.2) is 30.0 Å². The molecule has 3 rings (SSSR count). The Bertz CT molecular complexity index is 779. The Kier molecular flexibility index (Phi) is 5.81. The van der Waals surface area contributed by atoms with Crippen LogP contribution in [0.1, 0.15) is 40.2 Å². The normalized spacial score (nSPS) is 15.5. The number of hydrogen-bond acceptors (Lipinski definition) is 4. The van der Waals surface area contributed by atoms with Gasteiger partial charge in [-0.15, -0.1) is 0 Å². The van der Waals surface area contributed by atoms with Crippen LogP contribution in [0, 0.1) is 0 Å². The second kappa shape index (κ2) is 8.25. The van der Waals surface area contributed by atoms with Gasteiger partial charge in [0.2, 0.25) is 0 Å². The van der Waals surface area contributed by atoms with E-state index in [2.05, 4.69) is 38.4 Å². The first-order valence-electron chi connectivity index (χ1n) is 8.25. The van der Waals surface area contributed by atoms with Gasteiger partial charge in [0.15, 0.2) is 0 Å². The fraction of sp³-hybridized carbons (Fsp3) is 0.316. The number of hydrogen-bond donors (Lipinski definition) is 1. The van der Waals surface area contributed by atoms with Crippen molar-refractivity contribution in [1.82, 2.24) is 10.3 Å². The fourth-order valence-electron chi connectivity index (χ4n) is 3.09. The van der Waals surface area contributed by atoms with Crippen LogP contribution in [0.5, 0.6) is 0 Å². The quantitative estimate of drug-likeness (QED) is 0.594. The molecule has 2 aromatic rings. The number of esters is 1. The van der Waals surface area contributed by atoms with Crippen LogP contribution < -0.4 is 5.32 Å². The Hall–Kier alpha value is -2.21. The lowest BCUT2D eigenvalue weighted by Gasteiger charge is -2.11. The van der Waals surface area contributed by atoms with Gasteiger partial charge in [0.05, 0.1) is 18.5 Å². The number of pyridine rings is 1. The number of aromatic nitrogens is 1. The van der Waals surface area contributed by atoms with E-state index in [0.29, 0.717) is 12.0 Å². The monoisotopic (exact) mass is 402 g/mol. The number of fused-ring (bicyclic) bond motifs is 1. The van der Waals surface area contributed by atoms with Crippen LogP contribution in [0.25, 0.3) is 0 Å². The van der Waals surface area contributed by atoms with E-state index in [1.807, 2.05) is 12.1 Å². The molecule has 0 aliphatic heterocycles. The second-order valence-electron chi connectivity index (χ2n) is 6.01. The highest BCUT2D eigenvalue weighted by atomic mass is 79.9. The van der Waals surface area contributed by atoms with Gasteiger partial charge in [-0.2, -0.15) is 0 Å². The van der Waals surface area contributed by atoms with E-state index in [9.17, 15) is 9.59 Å². The fourth-order valence-corrected chi connectivity index (χ4v) is 3.45. The van der Waals surface area contributed by atoms with Crippen molar-refractivity contribution in [1.29, 1.82) is 0 Å². The molecule has 0 fully saturated rings. The molecular formula is C19H19BrN2O3. The molecule has 1 amide bonds. The largest absolute Gasteiger partial charge is 0.464 e. The highest BCUT2D eigenvalue weighted by molar-refractivity contribution is 9.10. The third-order valence-corrected chi connectivity index (χ3v) is 4.72. The first-order valence-corrected chi connectivity index (χ1v) is 9.05. The molecule has 5 nitrogen and oxygen atoms in total. The Morgan fingerprint density at radius 2 is 2.12 bits per heavy atom. The molecule has 1 heterocycles. The van der Waals surface area contributed by atoms with E-state index in [1.54, 1.807) is 12.3 Å². The summed E-state index contributed by atoms with van der Waals surface area (Å²) >= 11 is 3.27. The predicted molar refractivity (Wildman–Crippen MR) is 97.4 cm³/mol. The lowest BCUT2D eigenvalue weighted by atomic mass is 9.98. The molecule has 1 aromatic heterocycles. The van der Waals surface area contributed by atoms with Gasteiger partial charge in [0.25, 0.3) is 5.91 Å². The van der Waals surface area contributed by atoms with Gasteiger partial charge in [0, 0.05) is 16.9 Å². The summed E-state index contributed by atoms with van der Waals surface area (Å²) in [5.74, 6) is -0.222. The summed E-state index contributed by atoms with van der Waals surface area (Å²) in [7, 11) is 0. The number of benzene rings is 1. The average Bonchev–Trinajstić information content (AvgIpc) is 3.01. The van der Waals surface area contributed by atoms with E-state index < -0.39 is 0 Å². The summed E-state index contributed by atoms with van der Waals surface area (Å²) in [6.07, 6.45) is 5.50. The predicted octanol–water partition coefficient (Wildman–Crippen LogP) is 3.24. The Morgan fingerprint density at radius 1 is 1.28 bits per heavy atom. The zero-order valence-electron chi connectivity index (χ0n) is 13.7. The number of ether oxygens (including phenoxy) is 1. The Labute approximate surface area is 154 Å². The molecule has 0 saturated heterocycles. The minimum atomic E-state index is -0.241. The zero-order chi connectivity index (χ0) is 17.6. The lowest BCUT2D eigenvalue weighted by Crippen LogP contribution is -2.28. The van der Waals surface area contributed by atoms with Crippen molar-refractivity contribution < 1.29 is 14.3 Å². The zero-order valence-corrected chi connectivity index (χ0v) is 15.3. The summed E-state index contributed by atoms with van der Waals surface area (Å²) in [5, 5.41) is 2.71. The molecule has 6 heteroatoms. The standard InChI is InChI=1S/C19H19BrN2O3/c20-16-9-15(11-21-12-16)19(24)22-7-8-25-18(23)10-14-6-5-13-3-1-2-4-17(13)14/h1-4,9,11-12,14H,5-8,10H2,(H,22,24). The molecule has 0 radical (unpaired) electrons. The summed E-state index contributed by atoms with van der Waals surface area (Å²) in [5.41, 5.74) is 3.05. The Balaban J connectivity index is 1.39. The number of rotatable bonds is 6. The molecule has 0 bridgehead atoms. The minimum absolute atomic E-state index is 0.167. The van der Waals surface area contributed by atoms with Crippen molar-refractivity contribution in [2.75, 3.05) is 13.2 Å².